The normalized spacial score (nSPS) is 14.3. The summed E-state index contributed by atoms with van der Waals surface area (Å²) < 4.78 is 32.3. The van der Waals surface area contributed by atoms with E-state index in [1.165, 1.54) is 6.07 Å². The molecule has 1 heterocycles. The number of urea groups is 1. The Morgan fingerprint density at radius 3 is 2.54 bits per heavy atom. The number of rotatable bonds is 4. The van der Waals surface area contributed by atoms with Crippen LogP contribution in [-0.4, -0.2) is 43.7 Å². The van der Waals surface area contributed by atoms with E-state index in [1.807, 2.05) is 31.2 Å². The Morgan fingerprint density at radius 2 is 1.85 bits per heavy atom. The fourth-order valence-corrected chi connectivity index (χ4v) is 2.93. The lowest BCUT2D eigenvalue weighted by Crippen LogP contribution is -2.50. The van der Waals surface area contributed by atoms with Gasteiger partial charge in [0.25, 0.3) is 0 Å². The number of hydrogen-bond acceptors (Lipinski definition) is 3. The minimum atomic E-state index is -0.789. The zero-order chi connectivity index (χ0) is 18.5. The van der Waals surface area contributed by atoms with Crippen LogP contribution in [0.25, 0.3) is 0 Å². The number of anilines is 2. The molecule has 1 saturated heterocycles. The lowest BCUT2D eigenvalue weighted by Gasteiger charge is -2.36. The number of carbonyl (C=O) groups excluding carboxylic acids is 1. The number of amides is 2. The van der Waals surface area contributed by atoms with Crippen LogP contribution in [0.1, 0.15) is 6.92 Å². The number of benzene rings is 2. The van der Waals surface area contributed by atoms with Crippen LogP contribution in [0, 0.1) is 11.6 Å². The molecule has 0 aromatic heterocycles. The lowest BCUT2D eigenvalue weighted by atomic mass is 10.2. The van der Waals surface area contributed by atoms with Crippen LogP contribution in [0.5, 0.6) is 5.75 Å². The maximum atomic E-state index is 13.7. The first-order valence-electron chi connectivity index (χ1n) is 8.56. The summed E-state index contributed by atoms with van der Waals surface area (Å²) in [7, 11) is 0. The second kappa shape index (κ2) is 8.03. The Labute approximate surface area is 151 Å². The van der Waals surface area contributed by atoms with E-state index in [9.17, 15) is 13.6 Å². The second-order valence-corrected chi connectivity index (χ2v) is 5.93. The Morgan fingerprint density at radius 1 is 1.12 bits per heavy atom. The van der Waals surface area contributed by atoms with Gasteiger partial charge in [-0.2, -0.15) is 0 Å². The summed E-state index contributed by atoms with van der Waals surface area (Å²) in [6.07, 6.45) is 0. The number of nitrogens with zero attached hydrogens (tertiary/aromatic N) is 2. The van der Waals surface area contributed by atoms with Crippen LogP contribution in [0.3, 0.4) is 0 Å². The maximum absolute atomic E-state index is 13.7. The van der Waals surface area contributed by atoms with Gasteiger partial charge in [0.15, 0.2) is 0 Å². The highest BCUT2D eigenvalue weighted by Crippen LogP contribution is 2.29. The topological polar surface area (TPSA) is 44.8 Å². The minimum Gasteiger partial charge on any atom is -0.492 e. The van der Waals surface area contributed by atoms with Crippen molar-refractivity contribution in [1.29, 1.82) is 0 Å². The first-order chi connectivity index (χ1) is 12.6. The van der Waals surface area contributed by atoms with E-state index in [-0.39, 0.29) is 5.69 Å². The second-order valence-electron chi connectivity index (χ2n) is 5.93. The third-order valence-electron chi connectivity index (χ3n) is 4.25. The van der Waals surface area contributed by atoms with Gasteiger partial charge < -0.3 is 19.9 Å². The maximum Gasteiger partial charge on any atom is 0.322 e. The molecule has 5 nitrogen and oxygen atoms in total. The minimum absolute atomic E-state index is 0.0273. The molecule has 3 rings (SSSR count). The standard InChI is InChI=1S/C19H21F2N3O2/c1-2-26-18-6-4-3-5-17(18)23-9-11-24(12-10-23)19(25)22-16-8-7-14(20)13-15(16)21/h3-8,13H,2,9-12H2,1H3,(H,22,25). The molecule has 0 atom stereocenters. The van der Waals surface area contributed by atoms with Gasteiger partial charge in [-0.3, -0.25) is 0 Å². The fourth-order valence-electron chi connectivity index (χ4n) is 2.93. The number of nitrogens with one attached hydrogen (secondary N) is 1. The highest BCUT2D eigenvalue weighted by molar-refractivity contribution is 5.89. The van der Waals surface area contributed by atoms with Crippen LogP contribution >= 0.6 is 0 Å². The fraction of sp³-hybridized carbons (Fsp3) is 0.316. The molecule has 0 bridgehead atoms. The van der Waals surface area contributed by atoms with E-state index in [1.54, 1.807) is 4.90 Å². The van der Waals surface area contributed by atoms with Gasteiger partial charge >= 0.3 is 6.03 Å². The molecule has 1 N–H and O–H groups in total. The number of halogens is 2. The van der Waals surface area contributed by atoms with Crippen LogP contribution in [0.4, 0.5) is 25.0 Å². The highest BCUT2D eigenvalue weighted by atomic mass is 19.1. The molecule has 1 fully saturated rings. The SMILES string of the molecule is CCOc1ccccc1N1CCN(C(=O)Nc2ccc(F)cc2F)CC1. The van der Waals surface area contributed by atoms with Crippen molar-refractivity contribution in [2.75, 3.05) is 43.0 Å². The molecule has 0 saturated carbocycles. The molecule has 0 radical (unpaired) electrons. The first-order valence-corrected chi connectivity index (χ1v) is 8.56. The molecular formula is C19H21F2N3O2. The Hall–Kier alpha value is -2.83. The summed E-state index contributed by atoms with van der Waals surface area (Å²) in [6.45, 7) is 4.80. The van der Waals surface area contributed by atoms with Gasteiger partial charge in [0.1, 0.15) is 17.4 Å². The number of ether oxygens (including phenoxy) is 1. The number of para-hydroxylation sites is 2. The zero-order valence-corrected chi connectivity index (χ0v) is 14.5. The van der Waals surface area contributed by atoms with E-state index in [4.69, 9.17) is 4.74 Å². The van der Waals surface area contributed by atoms with Gasteiger partial charge in [0.2, 0.25) is 0 Å². The molecule has 0 spiro atoms. The van der Waals surface area contributed by atoms with Gasteiger partial charge in [-0.1, -0.05) is 12.1 Å². The summed E-state index contributed by atoms with van der Waals surface area (Å²) in [6, 6.07) is 10.5. The number of hydrogen-bond donors (Lipinski definition) is 1. The Kier molecular flexibility index (Phi) is 5.55. The highest BCUT2D eigenvalue weighted by Gasteiger charge is 2.23. The molecule has 0 unspecified atom stereocenters. The van der Waals surface area contributed by atoms with E-state index in [0.717, 1.165) is 23.6 Å². The summed E-state index contributed by atoms with van der Waals surface area (Å²) in [5, 5.41) is 2.50. The summed E-state index contributed by atoms with van der Waals surface area (Å²) >= 11 is 0. The molecule has 138 valence electrons. The predicted octanol–water partition coefficient (Wildman–Crippen LogP) is 3.72. The van der Waals surface area contributed by atoms with E-state index in [0.29, 0.717) is 32.8 Å². The average molecular weight is 361 g/mol. The van der Waals surface area contributed by atoms with Gasteiger partial charge in [0, 0.05) is 32.2 Å². The van der Waals surface area contributed by atoms with Crippen molar-refractivity contribution in [1.82, 2.24) is 4.90 Å². The van der Waals surface area contributed by atoms with Crippen molar-refractivity contribution in [2.45, 2.75) is 6.92 Å². The third kappa shape index (κ3) is 4.04. The number of piperazine rings is 1. The monoisotopic (exact) mass is 361 g/mol. The first kappa shape index (κ1) is 18.0. The van der Waals surface area contributed by atoms with Gasteiger partial charge in [-0.05, 0) is 31.2 Å². The molecule has 1 aliphatic rings. The largest absolute Gasteiger partial charge is 0.492 e. The van der Waals surface area contributed by atoms with Crippen LogP contribution in [0.2, 0.25) is 0 Å². The van der Waals surface area contributed by atoms with Crippen molar-refractivity contribution in [3.05, 3.63) is 54.1 Å². The number of carbonyl (C=O) groups is 1. The Bertz CT molecular complexity index is 777. The Balaban J connectivity index is 1.60. The lowest BCUT2D eigenvalue weighted by molar-refractivity contribution is 0.208. The molecule has 2 aromatic rings. The van der Waals surface area contributed by atoms with Crippen molar-refractivity contribution in [2.24, 2.45) is 0 Å². The molecule has 7 heteroatoms. The zero-order valence-electron chi connectivity index (χ0n) is 14.5. The molecule has 26 heavy (non-hydrogen) atoms. The van der Waals surface area contributed by atoms with E-state index < -0.39 is 17.7 Å². The van der Waals surface area contributed by atoms with Gasteiger partial charge in [-0.25, -0.2) is 13.6 Å². The van der Waals surface area contributed by atoms with Crippen LogP contribution in [-0.2, 0) is 0 Å². The molecule has 2 aromatic carbocycles. The molecule has 2 amide bonds. The van der Waals surface area contributed by atoms with Crippen molar-refractivity contribution in [3.8, 4) is 5.75 Å². The predicted molar refractivity (Wildman–Crippen MR) is 96.8 cm³/mol. The summed E-state index contributed by atoms with van der Waals surface area (Å²) in [5.74, 6) is -0.647. The quantitative estimate of drug-likeness (QED) is 0.903. The van der Waals surface area contributed by atoms with E-state index >= 15 is 0 Å². The van der Waals surface area contributed by atoms with Crippen molar-refractivity contribution < 1.29 is 18.3 Å². The van der Waals surface area contributed by atoms with Crippen LogP contribution in [0.15, 0.2) is 42.5 Å². The van der Waals surface area contributed by atoms with Crippen LogP contribution < -0.4 is 15.0 Å². The molecule has 1 aliphatic heterocycles. The molecular weight excluding hydrogens is 340 g/mol. The molecule has 0 aliphatic carbocycles. The smallest absolute Gasteiger partial charge is 0.322 e. The van der Waals surface area contributed by atoms with Crippen molar-refractivity contribution >= 4 is 17.4 Å². The summed E-state index contributed by atoms with van der Waals surface area (Å²) in [5.41, 5.74) is 0.972. The van der Waals surface area contributed by atoms with E-state index in [2.05, 4.69) is 10.2 Å². The summed E-state index contributed by atoms with van der Waals surface area (Å²) in [4.78, 5) is 16.1. The van der Waals surface area contributed by atoms with Crippen molar-refractivity contribution in [3.63, 3.8) is 0 Å². The van der Waals surface area contributed by atoms with Gasteiger partial charge in [-0.15, -0.1) is 0 Å². The third-order valence-corrected chi connectivity index (χ3v) is 4.25. The average Bonchev–Trinajstić information content (AvgIpc) is 2.65. The van der Waals surface area contributed by atoms with Gasteiger partial charge in [0.05, 0.1) is 18.0 Å².